The second-order valence-corrected chi connectivity index (χ2v) is 4.52. The number of nitrogens with one attached hydrogen (secondary N) is 1. The number of benzene rings is 1. The summed E-state index contributed by atoms with van der Waals surface area (Å²) in [7, 11) is 1.62. The van der Waals surface area contributed by atoms with Crippen LogP contribution in [0.4, 0.5) is 0 Å². The van der Waals surface area contributed by atoms with Crippen molar-refractivity contribution in [2.45, 2.75) is 32.1 Å². The maximum Gasteiger partial charge on any atom is 0.224 e. The first-order chi connectivity index (χ1) is 9.26. The Balaban J connectivity index is 2.19. The van der Waals surface area contributed by atoms with Gasteiger partial charge in [-0.1, -0.05) is 25.0 Å². The van der Waals surface area contributed by atoms with E-state index in [1.165, 1.54) is 0 Å². The normalized spacial score (nSPS) is 10.2. The molecule has 106 valence electrons. The van der Waals surface area contributed by atoms with Crippen LogP contribution >= 0.6 is 0 Å². The van der Waals surface area contributed by atoms with E-state index in [1.54, 1.807) is 7.11 Å². The number of amides is 1. The first-order valence-electron chi connectivity index (χ1n) is 6.76. The van der Waals surface area contributed by atoms with Gasteiger partial charge in [0.1, 0.15) is 5.75 Å². The van der Waals surface area contributed by atoms with E-state index in [1.807, 2.05) is 24.3 Å². The fourth-order valence-corrected chi connectivity index (χ4v) is 1.85. The zero-order valence-electron chi connectivity index (χ0n) is 11.5. The van der Waals surface area contributed by atoms with Gasteiger partial charge in [-0.3, -0.25) is 4.79 Å². The molecule has 0 aliphatic rings. The quantitative estimate of drug-likeness (QED) is 0.671. The van der Waals surface area contributed by atoms with Crippen molar-refractivity contribution in [2.24, 2.45) is 0 Å². The van der Waals surface area contributed by atoms with Crippen LogP contribution in [0.25, 0.3) is 0 Å². The van der Waals surface area contributed by atoms with Crippen LogP contribution < -0.4 is 10.1 Å². The third kappa shape index (κ3) is 6.82. The zero-order chi connectivity index (χ0) is 13.9. The molecule has 1 aromatic rings. The molecule has 0 aliphatic heterocycles. The number of hydrogen-bond donors (Lipinski definition) is 2. The number of unbranched alkanes of at least 4 members (excludes halogenated alkanes) is 3. The van der Waals surface area contributed by atoms with Crippen LogP contribution in [0.1, 0.15) is 31.2 Å². The Bertz CT molecular complexity index is 379. The molecule has 4 heteroatoms. The van der Waals surface area contributed by atoms with Crippen molar-refractivity contribution in [3.63, 3.8) is 0 Å². The van der Waals surface area contributed by atoms with E-state index >= 15 is 0 Å². The molecule has 0 radical (unpaired) electrons. The minimum Gasteiger partial charge on any atom is -0.497 e. The molecule has 0 atom stereocenters. The second-order valence-electron chi connectivity index (χ2n) is 4.52. The number of methoxy groups -OCH3 is 1. The number of hydrogen-bond acceptors (Lipinski definition) is 3. The van der Waals surface area contributed by atoms with Crippen LogP contribution in [0.5, 0.6) is 5.75 Å². The Morgan fingerprint density at radius 1 is 1.26 bits per heavy atom. The zero-order valence-corrected chi connectivity index (χ0v) is 11.5. The Morgan fingerprint density at radius 3 is 2.79 bits per heavy atom. The number of aliphatic hydroxyl groups is 1. The predicted molar refractivity (Wildman–Crippen MR) is 75.3 cm³/mol. The first kappa shape index (κ1) is 15.5. The molecule has 2 N–H and O–H groups in total. The molecular weight excluding hydrogens is 242 g/mol. The number of carbonyl (C=O) groups is 1. The molecule has 1 aromatic carbocycles. The summed E-state index contributed by atoms with van der Waals surface area (Å²) in [5, 5.41) is 11.5. The standard InChI is InChI=1S/C15H23NO3/c1-19-14-8-6-7-13(11-14)12-15(18)16-9-4-2-3-5-10-17/h6-8,11,17H,2-5,9-10,12H2,1H3,(H,16,18). The van der Waals surface area contributed by atoms with Crippen molar-refractivity contribution in [3.8, 4) is 5.75 Å². The Morgan fingerprint density at radius 2 is 2.05 bits per heavy atom. The maximum atomic E-state index is 11.7. The number of rotatable bonds is 9. The van der Waals surface area contributed by atoms with Gasteiger partial charge in [0, 0.05) is 13.2 Å². The molecule has 0 unspecified atom stereocenters. The van der Waals surface area contributed by atoms with Crippen molar-refractivity contribution in [2.75, 3.05) is 20.3 Å². The summed E-state index contributed by atoms with van der Waals surface area (Å²) >= 11 is 0. The van der Waals surface area contributed by atoms with Gasteiger partial charge in [-0.05, 0) is 30.5 Å². The van der Waals surface area contributed by atoms with Crippen molar-refractivity contribution in [3.05, 3.63) is 29.8 Å². The highest BCUT2D eigenvalue weighted by Gasteiger charge is 2.03. The third-order valence-electron chi connectivity index (χ3n) is 2.91. The van der Waals surface area contributed by atoms with Gasteiger partial charge in [0.25, 0.3) is 0 Å². The lowest BCUT2D eigenvalue weighted by Gasteiger charge is -2.06. The minimum atomic E-state index is 0.0374. The van der Waals surface area contributed by atoms with E-state index in [2.05, 4.69) is 5.32 Å². The molecular formula is C15H23NO3. The number of ether oxygens (including phenoxy) is 1. The average molecular weight is 265 g/mol. The summed E-state index contributed by atoms with van der Waals surface area (Å²) in [5.74, 6) is 0.810. The number of aliphatic hydroxyl groups excluding tert-OH is 1. The Hall–Kier alpha value is -1.55. The SMILES string of the molecule is COc1cccc(CC(=O)NCCCCCCO)c1. The van der Waals surface area contributed by atoms with Crippen LogP contribution in [0.3, 0.4) is 0 Å². The maximum absolute atomic E-state index is 11.7. The Labute approximate surface area is 114 Å². The molecule has 0 bridgehead atoms. The fraction of sp³-hybridized carbons (Fsp3) is 0.533. The third-order valence-corrected chi connectivity index (χ3v) is 2.91. The van der Waals surface area contributed by atoms with E-state index in [9.17, 15) is 4.79 Å². The van der Waals surface area contributed by atoms with E-state index < -0.39 is 0 Å². The molecule has 0 aromatic heterocycles. The molecule has 0 saturated heterocycles. The summed E-state index contributed by atoms with van der Waals surface area (Å²) in [4.78, 5) is 11.7. The Kier molecular flexibility index (Phi) is 7.66. The predicted octanol–water partition coefficient (Wildman–Crippen LogP) is 1.91. The molecule has 4 nitrogen and oxygen atoms in total. The van der Waals surface area contributed by atoms with Gasteiger partial charge in [0.05, 0.1) is 13.5 Å². The van der Waals surface area contributed by atoms with Gasteiger partial charge in [0.15, 0.2) is 0 Å². The van der Waals surface area contributed by atoms with Gasteiger partial charge in [0.2, 0.25) is 5.91 Å². The highest BCUT2D eigenvalue weighted by atomic mass is 16.5. The molecule has 0 fully saturated rings. The average Bonchev–Trinajstić information content (AvgIpc) is 2.43. The monoisotopic (exact) mass is 265 g/mol. The van der Waals surface area contributed by atoms with Crippen molar-refractivity contribution in [1.82, 2.24) is 5.32 Å². The van der Waals surface area contributed by atoms with Gasteiger partial charge in [-0.25, -0.2) is 0 Å². The molecule has 0 aliphatic carbocycles. The smallest absolute Gasteiger partial charge is 0.224 e. The van der Waals surface area contributed by atoms with Crippen molar-refractivity contribution >= 4 is 5.91 Å². The summed E-state index contributed by atoms with van der Waals surface area (Å²) in [6, 6.07) is 7.54. The second kappa shape index (κ2) is 9.39. The molecule has 1 rings (SSSR count). The van der Waals surface area contributed by atoms with Crippen LogP contribution in [-0.2, 0) is 11.2 Å². The van der Waals surface area contributed by atoms with Crippen molar-refractivity contribution in [1.29, 1.82) is 0 Å². The topological polar surface area (TPSA) is 58.6 Å². The summed E-state index contributed by atoms with van der Waals surface area (Å²) in [6.45, 7) is 0.955. The summed E-state index contributed by atoms with van der Waals surface area (Å²) in [5.41, 5.74) is 0.956. The largest absolute Gasteiger partial charge is 0.497 e. The molecule has 0 heterocycles. The minimum absolute atomic E-state index is 0.0374. The van der Waals surface area contributed by atoms with Gasteiger partial charge < -0.3 is 15.2 Å². The molecule has 0 saturated carbocycles. The molecule has 0 spiro atoms. The van der Waals surface area contributed by atoms with Gasteiger partial charge in [-0.2, -0.15) is 0 Å². The van der Waals surface area contributed by atoms with Gasteiger partial charge in [-0.15, -0.1) is 0 Å². The molecule has 19 heavy (non-hydrogen) atoms. The first-order valence-corrected chi connectivity index (χ1v) is 6.76. The van der Waals surface area contributed by atoms with Crippen LogP contribution in [0, 0.1) is 0 Å². The lowest BCUT2D eigenvalue weighted by Crippen LogP contribution is -2.26. The van der Waals surface area contributed by atoms with Crippen LogP contribution in [0.15, 0.2) is 24.3 Å². The number of carbonyl (C=O) groups excluding carboxylic acids is 1. The fourth-order valence-electron chi connectivity index (χ4n) is 1.85. The van der Waals surface area contributed by atoms with E-state index in [4.69, 9.17) is 9.84 Å². The van der Waals surface area contributed by atoms with Gasteiger partial charge >= 0.3 is 0 Å². The van der Waals surface area contributed by atoms with Crippen LogP contribution in [-0.4, -0.2) is 31.3 Å². The van der Waals surface area contributed by atoms with E-state index in [0.29, 0.717) is 13.0 Å². The van der Waals surface area contributed by atoms with E-state index in [-0.39, 0.29) is 12.5 Å². The highest BCUT2D eigenvalue weighted by molar-refractivity contribution is 5.78. The lowest BCUT2D eigenvalue weighted by molar-refractivity contribution is -0.120. The van der Waals surface area contributed by atoms with Crippen molar-refractivity contribution < 1.29 is 14.6 Å². The lowest BCUT2D eigenvalue weighted by atomic mass is 10.1. The van der Waals surface area contributed by atoms with E-state index in [0.717, 1.165) is 37.0 Å². The van der Waals surface area contributed by atoms with Crippen LogP contribution in [0.2, 0.25) is 0 Å². The molecule has 1 amide bonds. The highest BCUT2D eigenvalue weighted by Crippen LogP contribution is 2.12. The summed E-state index contributed by atoms with van der Waals surface area (Å²) in [6.07, 6.45) is 4.25. The summed E-state index contributed by atoms with van der Waals surface area (Å²) < 4.78 is 5.12.